The van der Waals surface area contributed by atoms with E-state index in [1.807, 2.05) is 43.1 Å². The highest BCUT2D eigenvalue weighted by Crippen LogP contribution is 2.23. The van der Waals surface area contributed by atoms with Crippen LogP contribution in [0.1, 0.15) is 22.5 Å². The van der Waals surface area contributed by atoms with Gasteiger partial charge in [-0.3, -0.25) is 9.69 Å². The van der Waals surface area contributed by atoms with Crippen LogP contribution >= 0.6 is 24.0 Å². The summed E-state index contributed by atoms with van der Waals surface area (Å²) in [6.45, 7) is 4.58. The van der Waals surface area contributed by atoms with Gasteiger partial charge in [0.15, 0.2) is 0 Å². The fourth-order valence-electron chi connectivity index (χ4n) is 3.36. The van der Waals surface area contributed by atoms with E-state index in [1.54, 1.807) is 19.1 Å². The molecule has 0 unspecified atom stereocenters. The Morgan fingerprint density at radius 3 is 2.24 bits per heavy atom. The summed E-state index contributed by atoms with van der Waals surface area (Å²) in [5.41, 5.74) is 4.13. The SMILES string of the molecule is Cc1[nH]c(C)c(-c2ccc(C#CCN(C)Cc3ccc(OC(F)(F)F)cc3)cc2)c(=O)c1Cl.Cl. The molecule has 0 spiro atoms. The number of aryl methyl sites for hydroxylation is 2. The molecule has 180 valence electrons. The van der Waals surface area contributed by atoms with Crippen LogP contribution in [0.3, 0.4) is 0 Å². The van der Waals surface area contributed by atoms with E-state index >= 15 is 0 Å². The van der Waals surface area contributed by atoms with Crippen molar-refractivity contribution in [3.05, 3.63) is 86.3 Å². The Kier molecular flexibility index (Phi) is 9.22. The second kappa shape index (κ2) is 11.5. The molecule has 9 heteroatoms. The molecule has 0 fully saturated rings. The number of nitrogens with one attached hydrogen (secondary N) is 1. The molecular weight excluding hydrogens is 488 g/mol. The Morgan fingerprint density at radius 1 is 1.03 bits per heavy atom. The first kappa shape index (κ1) is 27.3. The lowest BCUT2D eigenvalue weighted by Gasteiger charge is -2.14. The van der Waals surface area contributed by atoms with Gasteiger partial charge in [-0.05, 0) is 56.3 Å². The summed E-state index contributed by atoms with van der Waals surface area (Å²) in [6, 6.07) is 13.1. The van der Waals surface area contributed by atoms with Gasteiger partial charge >= 0.3 is 6.36 Å². The Balaban J connectivity index is 0.00000408. The standard InChI is InChI=1S/C25H22ClF3N2O2.ClH/c1-16-22(24(32)23(26)17(2)30-16)20-10-6-18(7-11-20)5-4-14-31(3)15-19-8-12-21(13-9-19)33-25(27,28)29;/h6-13H,14-15H2,1-3H3,(H,30,32);1H. The van der Waals surface area contributed by atoms with Crippen molar-refractivity contribution in [1.82, 2.24) is 9.88 Å². The predicted molar refractivity (Wildman–Crippen MR) is 131 cm³/mol. The topological polar surface area (TPSA) is 45.3 Å². The molecular formula is C25H23Cl2F3N2O2. The van der Waals surface area contributed by atoms with E-state index in [4.69, 9.17) is 11.6 Å². The van der Waals surface area contributed by atoms with Gasteiger partial charge < -0.3 is 9.72 Å². The van der Waals surface area contributed by atoms with Gasteiger partial charge in [-0.1, -0.05) is 47.7 Å². The number of hydrogen-bond acceptors (Lipinski definition) is 3. The second-order valence-corrected chi connectivity index (χ2v) is 8.01. The highest BCUT2D eigenvalue weighted by molar-refractivity contribution is 6.31. The van der Waals surface area contributed by atoms with Crippen LogP contribution in [0.15, 0.2) is 53.3 Å². The van der Waals surface area contributed by atoms with Gasteiger partial charge in [0.25, 0.3) is 0 Å². The van der Waals surface area contributed by atoms with E-state index in [0.717, 1.165) is 22.4 Å². The molecule has 0 bridgehead atoms. The van der Waals surface area contributed by atoms with Crippen LogP contribution < -0.4 is 10.2 Å². The van der Waals surface area contributed by atoms with Crippen molar-refractivity contribution < 1.29 is 17.9 Å². The van der Waals surface area contributed by atoms with E-state index < -0.39 is 6.36 Å². The molecule has 34 heavy (non-hydrogen) atoms. The largest absolute Gasteiger partial charge is 0.573 e. The minimum Gasteiger partial charge on any atom is -0.406 e. The van der Waals surface area contributed by atoms with E-state index in [0.29, 0.717) is 24.3 Å². The van der Waals surface area contributed by atoms with Crippen molar-refractivity contribution in [3.63, 3.8) is 0 Å². The summed E-state index contributed by atoms with van der Waals surface area (Å²) in [6.07, 6.45) is -4.70. The molecule has 3 aromatic rings. The van der Waals surface area contributed by atoms with Crippen LogP contribution in [-0.4, -0.2) is 29.8 Å². The summed E-state index contributed by atoms with van der Waals surface area (Å²) in [5.74, 6) is 5.90. The highest BCUT2D eigenvalue weighted by atomic mass is 35.5. The smallest absolute Gasteiger partial charge is 0.406 e. The number of halogens is 5. The van der Waals surface area contributed by atoms with Crippen molar-refractivity contribution in [2.75, 3.05) is 13.6 Å². The number of nitrogens with zero attached hydrogens (tertiary/aromatic N) is 1. The molecule has 0 aliphatic heterocycles. The predicted octanol–water partition coefficient (Wildman–Crippen LogP) is 6.12. The van der Waals surface area contributed by atoms with Gasteiger partial charge in [-0.15, -0.1) is 25.6 Å². The Hall–Kier alpha value is -2.92. The summed E-state index contributed by atoms with van der Waals surface area (Å²) in [4.78, 5) is 17.6. The average Bonchev–Trinajstić information content (AvgIpc) is 2.74. The maximum absolute atomic E-state index is 12.5. The average molecular weight is 511 g/mol. The monoisotopic (exact) mass is 510 g/mol. The number of aromatic nitrogens is 1. The lowest BCUT2D eigenvalue weighted by atomic mass is 10.0. The zero-order chi connectivity index (χ0) is 24.2. The third kappa shape index (κ3) is 7.29. The van der Waals surface area contributed by atoms with E-state index in [1.165, 1.54) is 12.1 Å². The summed E-state index contributed by atoms with van der Waals surface area (Å²) < 4.78 is 40.6. The van der Waals surface area contributed by atoms with Crippen molar-refractivity contribution in [1.29, 1.82) is 0 Å². The lowest BCUT2D eigenvalue weighted by molar-refractivity contribution is -0.274. The highest BCUT2D eigenvalue weighted by Gasteiger charge is 2.30. The number of aromatic amines is 1. The maximum Gasteiger partial charge on any atom is 0.573 e. The van der Waals surface area contributed by atoms with Crippen LogP contribution in [0, 0.1) is 25.7 Å². The van der Waals surface area contributed by atoms with Gasteiger partial charge in [0.2, 0.25) is 5.43 Å². The molecule has 0 aliphatic rings. The van der Waals surface area contributed by atoms with Crippen molar-refractivity contribution >= 4 is 24.0 Å². The normalized spacial score (nSPS) is 10.9. The molecule has 1 aromatic heterocycles. The summed E-state index contributed by atoms with van der Waals surface area (Å²) in [7, 11) is 1.87. The van der Waals surface area contributed by atoms with Crippen LogP contribution in [-0.2, 0) is 6.54 Å². The van der Waals surface area contributed by atoms with Gasteiger partial charge in [0.05, 0.1) is 6.54 Å². The zero-order valence-corrected chi connectivity index (χ0v) is 20.3. The molecule has 0 amide bonds. The number of alkyl halides is 3. The van der Waals surface area contributed by atoms with E-state index in [-0.39, 0.29) is 28.6 Å². The summed E-state index contributed by atoms with van der Waals surface area (Å²) >= 11 is 6.10. The first-order valence-corrected chi connectivity index (χ1v) is 10.4. The van der Waals surface area contributed by atoms with Gasteiger partial charge in [-0.2, -0.15) is 0 Å². The van der Waals surface area contributed by atoms with Crippen LogP contribution in [0.2, 0.25) is 5.02 Å². The number of pyridine rings is 1. The number of benzene rings is 2. The van der Waals surface area contributed by atoms with Crippen molar-refractivity contribution in [2.24, 2.45) is 0 Å². The molecule has 4 nitrogen and oxygen atoms in total. The van der Waals surface area contributed by atoms with Gasteiger partial charge in [0, 0.05) is 29.1 Å². The Morgan fingerprint density at radius 2 is 1.65 bits per heavy atom. The maximum atomic E-state index is 12.5. The Labute approximate surface area is 207 Å². The van der Waals surface area contributed by atoms with Gasteiger partial charge in [-0.25, -0.2) is 0 Å². The molecule has 0 radical (unpaired) electrons. The lowest BCUT2D eigenvalue weighted by Crippen LogP contribution is -2.18. The number of hydrogen-bond donors (Lipinski definition) is 1. The van der Waals surface area contributed by atoms with Crippen LogP contribution in [0.4, 0.5) is 13.2 Å². The quantitative estimate of drug-likeness (QED) is 0.420. The number of rotatable bonds is 5. The molecule has 2 aromatic carbocycles. The van der Waals surface area contributed by atoms with Crippen molar-refractivity contribution in [2.45, 2.75) is 26.8 Å². The van der Waals surface area contributed by atoms with Crippen LogP contribution in [0.5, 0.6) is 5.75 Å². The molecule has 1 N–H and O–H groups in total. The van der Waals surface area contributed by atoms with Crippen LogP contribution in [0.25, 0.3) is 11.1 Å². The summed E-state index contributed by atoms with van der Waals surface area (Å²) in [5, 5.41) is 0.185. The molecule has 1 heterocycles. The third-order valence-corrected chi connectivity index (χ3v) is 5.33. The molecule has 0 atom stereocenters. The number of ether oxygens (including phenoxy) is 1. The van der Waals surface area contributed by atoms with E-state index in [9.17, 15) is 18.0 Å². The fraction of sp³-hybridized carbons (Fsp3) is 0.240. The Bertz CT molecular complexity index is 1240. The minimum absolute atomic E-state index is 0. The molecule has 0 aliphatic carbocycles. The second-order valence-electron chi connectivity index (χ2n) is 7.64. The molecule has 3 rings (SSSR count). The fourth-order valence-corrected chi connectivity index (χ4v) is 3.50. The first-order valence-electron chi connectivity index (χ1n) is 10.0. The minimum atomic E-state index is -4.70. The zero-order valence-electron chi connectivity index (χ0n) is 18.7. The number of H-pyrrole nitrogens is 1. The van der Waals surface area contributed by atoms with Crippen molar-refractivity contribution in [3.8, 4) is 28.7 Å². The molecule has 0 saturated heterocycles. The first-order chi connectivity index (χ1) is 15.5. The third-order valence-electron chi connectivity index (χ3n) is 4.87. The molecule has 0 saturated carbocycles. The van der Waals surface area contributed by atoms with Gasteiger partial charge in [0.1, 0.15) is 10.8 Å². The van der Waals surface area contributed by atoms with E-state index in [2.05, 4.69) is 21.6 Å².